The summed E-state index contributed by atoms with van der Waals surface area (Å²) >= 11 is 0. The standard InChI is InChI=1S/C25H23FN2O3/c1-14-12-15(10-11-19(14)26)23(29)21-22(18-13-27-20-9-5-4-8-17(18)20)28(25(31)24(21)30)16-6-2-3-7-16/h4-5,8-13,16,22,27,29H,2-3,6-7H2,1H3/b23-21+. The Balaban J connectivity index is 1.74. The highest BCUT2D eigenvalue weighted by Gasteiger charge is 2.49. The first-order chi connectivity index (χ1) is 15.0. The van der Waals surface area contributed by atoms with E-state index in [-0.39, 0.29) is 17.4 Å². The summed E-state index contributed by atoms with van der Waals surface area (Å²) in [6.45, 7) is 1.60. The number of likely N-dealkylation sites (tertiary alicyclic amines) is 1. The second-order valence-electron chi connectivity index (χ2n) is 8.40. The number of para-hydroxylation sites is 1. The molecule has 1 aromatic heterocycles. The van der Waals surface area contributed by atoms with Crippen molar-refractivity contribution in [3.05, 3.63) is 76.7 Å². The van der Waals surface area contributed by atoms with Gasteiger partial charge in [0.15, 0.2) is 0 Å². The minimum atomic E-state index is -0.693. The van der Waals surface area contributed by atoms with Crippen LogP contribution in [0.3, 0.4) is 0 Å². The lowest BCUT2D eigenvalue weighted by Crippen LogP contribution is -2.37. The van der Waals surface area contributed by atoms with E-state index in [0.717, 1.165) is 42.1 Å². The van der Waals surface area contributed by atoms with Crippen LogP contribution in [0.4, 0.5) is 4.39 Å². The van der Waals surface area contributed by atoms with Gasteiger partial charge in [0.05, 0.1) is 11.6 Å². The molecular weight excluding hydrogens is 395 g/mol. The number of carbonyl (C=O) groups excluding carboxylic acids is 2. The van der Waals surface area contributed by atoms with Gasteiger partial charge in [-0.1, -0.05) is 31.0 Å². The van der Waals surface area contributed by atoms with Crippen LogP contribution in [0.15, 0.2) is 54.2 Å². The molecule has 1 unspecified atom stereocenters. The van der Waals surface area contributed by atoms with Gasteiger partial charge in [0.2, 0.25) is 0 Å². The van der Waals surface area contributed by atoms with Gasteiger partial charge in [0, 0.05) is 34.3 Å². The van der Waals surface area contributed by atoms with Crippen molar-refractivity contribution in [2.75, 3.05) is 0 Å². The molecule has 2 N–H and O–H groups in total. The largest absolute Gasteiger partial charge is 0.507 e. The molecule has 1 saturated carbocycles. The number of hydrogen-bond acceptors (Lipinski definition) is 3. The quantitative estimate of drug-likeness (QED) is 0.358. The van der Waals surface area contributed by atoms with Crippen molar-refractivity contribution in [1.29, 1.82) is 0 Å². The Labute approximate surface area is 179 Å². The van der Waals surface area contributed by atoms with Crippen LogP contribution >= 0.6 is 0 Å². The fraction of sp³-hybridized carbons (Fsp3) is 0.280. The lowest BCUT2D eigenvalue weighted by molar-refractivity contribution is -0.141. The van der Waals surface area contributed by atoms with Crippen LogP contribution in [0.5, 0.6) is 0 Å². The van der Waals surface area contributed by atoms with Crippen LogP contribution in [0.1, 0.15) is 48.4 Å². The number of ketones is 1. The Morgan fingerprint density at radius 3 is 2.61 bits per heavy atom. The number of halogens is 1. The molecule has 5 rings (SSSR count). The topological polar surface area (TPSA) is 73.4 Å². The molecule has 6 heteroatoms. The number of aromatic amines is 1. The molecule has 1 aliphatic carbocycles. The molecule has 31 heavy (non-hydrogen) atoms. The van der Waals surface area contributed by atoms with Gasteiger partial charge in [-0.3, -0.25) is 9.59 Å². The van der Waals surface area contributed by atoms with E-state index in [0.29, 0.717) is 11.1 Å². The summed E-state index contributed by atoms with van der Waals surface area (Å²) in [6, 6.07) is 11.2. The van der Waals surface area contributed by atoms with Crippen LogP contribution in [0.25, 0.3) is 16.7 Å². The van der Waals surface area contributed by atoms with E-state index in [9.17, 15) is 19.1 Å². The number of carbonyl (C=O) groups is 2. The highest BCUT2D eigenvalue weighted by Crippen LogP contribution is 2.45. The average molecular weight is 418 g/mol. The number of nitrogens with zero attached hydrogens (tertiary/aromatic N) is 1. The van der Waals surface area contributed by atoms with Crippen molar-refractivity contribution >= 4 is 28.4 Å². The van der Waals surface area contributed by atoms with E-state index < -0.39 is 23.5 Å². The minimum Gasteiger partial charge on any atom is -0.507 e. The van der Waals surface area contributed by atoms with E-state index in [1.54, 1.807) is 11.8 Å². The van der Waals surface area contributed by atoms with Gasteiger partial charge in [0.1, 0.15) is 11.6 Å². The maximum absolute atomic E-state index is 13.8. The molecule has 2 fully saturated rings. The minimum absolute atomic E-state index is 0.0460. The van der Waals surface area contributed by atoms with E-state index >= 15 is 0 Å². The number of H-pyrrole nitrogens is 1. The molecule has 0 spiro atoms. The second-order valence-corrected chi connectivity index (χ2v) is 8.40. The van der Waals surface area contributed by atoms with E-state index in [4.69, 9.17) is 0 Å². The molecule has 3 aromatic rings. The summed E-state index contributed by atoms with van der Waals surface area (Å²) in [7, 11) is 0. The molecule has 0 bridgehead atoms. The van der Waals surface area contributed by atoms with Gasteiger partial charge in [-0.2, -0.15) is 0 Å². The monoisotopic (exact) mass is 418 g/mol. The highest BCUT2D eigenvalue weighted by molar-refractivity contribution is 6.46. The summed E-state index contributed by atoms with van der Waals surface area (Å²) in [6.07, 6.45) is 5.49. The predicted octanol–water partition coefficient (Wildman–Crippen LogP) is 4.98. The number of aromatic nitrogens is 1. The third kappa shape index (κ3) is 3.05. The molecule has 2 heterocycles. The molecular formula is C25H23FN2O3. The van der Waals surface area contributed by atoms with Crippen LogP contribution in [0, 0.1) is 12.7 Å². The van der Waals surface area contributed by atoms with Gasteiger partial charge in [-0.05, 0) is 49.6 Å². The third-order valence-corrected chi connectivity index (χ3v) is 6.55. The van der Waals surface area contributed by atoms with Crippen molar-refractivity contribution < 1.29 is 19.1 Å². The highest BCUT2D eigenvalue weighted by atomic mass is 19.1. The van der Waals surface area contributed by atoms with Gasteiger partial charge in [0.25, 0.3) is 11.7 Å². The van der Waals surface area contributed by atoms with Crippen molar-refractivity contribution in [2.24, 2.45) is 0 Å². The zero-order chi connectivity index (χ0) is 21.7. The molecule has 1 atom stereocenters. The first kappa shape index (κ1) is 19.5. The zero-order valence-corrected chi connectivity index (χ0v) is 17.2. The van der Waals surface area contributed by atoms with Gasteiger partial charge in [-0.15, -0.1) is 0 Å². The van der Waals surface area contributed by atoms with Gasteiger partial charge < -0.3 is 15.0 Å². The van der Waals surface area contributed by atoms with E-state index in [1.165, 1.54) is 18.2 Å². The fourth-order valence-corrected chi connectivity index (χ4v) is 4.98. The Hall–Kier alpha value is -3.41. The first-order valence-corrected chi connectivity index (χ1v) is 10.6. The molecule has 1 aliphatic heterocycles. The number of rotatable bonds is 3. The van der Waals surface area contributed by atoms with Gasteiger partial charge in [-0.25, -0.2) is 4.39 Å². The molecule has 2 aromatic carbocycles. The van der Waals surface area contributed by atoms with Crippen molar-refractivity contribution in [3.8, 4) is 0 Å². The molecule has 1 saturated heterocycles. The maximum atomic E-state index is 13.8. The number of nitrogens with one attached hydrogen (secondary N) is 1. The summed E-state index contributed by atoms with van der Waals surface area (Å²) in [5.41, 5.74) is 2.42. The summed E-state index contributed by atoms with van der Waals surface area (Å²) in [4.78, 5) is 31.2. The fourth-order valence-electron chi connectivity index (χ4n) is 4.98. The van der Waals surface area contributed by atoms with Crippen LogP contribution in [-0.4, -0.2) is 32.7 Å². The Kier molecular flexibility index (Phi) is 4.65. The SMILES string of the molecule is Cc1cc(/C(O)=C2\C(=O)C(=O)N(C3CCCC3)C2c2c[nH]c3ccccc23)ccc1F. The Bertz CT molecular complexity index is 1240. The predicted molar refractivity (Wildman–Crippen MR) is 116 cm³/mol. The molecule has 5 nitrogen and oxygen atoms in total. The number of amides is 1. The van der Waals surface area contributed by atoms with Crippen LogP contribution in [0.2, 0.25) is 0 Å². The number of aliphatic hydroxyl groups is 1. The molecule has 1 amide bonds. The Morgan fingerprint density at radius 1 is 1.13 bits per heavy atom. The summed E-state index contributed by atoms with van der Waals surface area (Å²) < 4.78 is 13.8. The number of aryl methyl sites for hydroxylation is 1. The van der Waals surface area contributed by atoms with Crippen molar-refractivity contribution in [2.45, 2.75) is 44.7 Å². The number of fused-ring (bicyclic) bond motifs is 1. The normalized spacial score (nSPS) is 21.5. The maximum Gasteiger partial charge on any atom is 0.295 e. The first-order valence-electron chi connectivity index (χ1n) is 10.6. The van der Waals surface area contributed by atoms with Crippen molar-refractivity contribution in [3.63, 3.8) is 0 Å². The number of Topliss-reactive ketones (excluding diaryl/α,β-unsaturated/α-hetero) is 1. The lowest BCUT2D eigenvalue weighted by atomic mass is 9.94. The molecule has 158 valence electrons. The lowest BCUT2D eigenvalue weighted by Gasteiger charge is -2.30. The van der Waals surface area contributed by atoms with E-state index in [1.807, 2.05) is 30.5 Å². The second kappa shape index (κ2) is 7.38. The Morgan fingerprint density at radius 2 is 1.87 bits per heavy atom. The number of aliphatic hydroxyl groups excluding tert-OH is 1. The average Bonchev–Trinajstić information content (AvgIpc) is 3.49. The summed E-state index contributed by atoms with van der Waals surface area (Å²) in [5, 5.41) is 12.1. The summed E-state index contributed by atoms with van der Waals surface area (Å²) in [5.74, 6) is -1.93. The third-order valence-electron chi connectivity index (χ3n) is 6.55. The van der Waals surface area contributed by atoms with Gasteiger partial charge >= 0.3 is 0 Å². The van der Waals surface area contributed by atoms with Crippen LogP contribution < -0.4 is 0 Å². The number of benzene rings is 2. The number of hydrogen-bond donors (Lipinski definition) is 2. The molecule has 2 aliphatic rings. The zero-order valence-electron chi connectivity index (χ0n) is 17.2. The van der Waals surface area contributed by atoms with E-state index in [2.05, 4.69) is 4.98 Å². The van der Waals surface area contributed by atoms with Crippen LogP contribution in [-0.2, 0) is 9.59 Å². The van der Waals surface area contributed by atoms with Crippen molar-refractivity contribution in [1.82, 2.24) is 9.88 Å². The molecule has 0 radical (unpaired) electrons. The smallest absolute Gasteiger partial charge is 0.295 e.